The van der Waals surface area contributed by atoms with E-state index in [4.69, 9.17) is 0 Å². The summed E-state index contributed by atoms with van der Waals surface area (Å²) >= 11 is 0. The van der Waals surface area contributed by atoms with E-state index in [1.165, 1.54) is 6.07 Å². The van der Waals surface area contributed by atoms with Gasteiger partial charge in [0.15, 0.2) is 0 Å². The molecule has 39 heavy (non-hydrogen) atoms. The highest BCUT2D eigenvalue weighted by Gasteiger charge is 2.30. The fraction of sp³-hybridized carbons (Fsp3) is 0.267. The van der Waals surface area contributed by atoms with Gasteiger partial charge in [-0.05, 0) is 61.6 Å². The molecule has 4 N–H and O–H groups in total. The second-order valence-electron chi connectivity index (χ2n) is 9.80. The number of H-pyrrole nitrogens is 1. The number of aryl methyl sites for hydroxylation is 2. The minimum Gasteiger partial charge on any atom is -0.507 e. The number of phenolic OH excluding ortho intramolecular Hbond substituents is 2. The fourth-order valence-corrected chi connectivity index (χ4v) is 6.06. The Hall–Kier alpha value is -4.11. The number of amides is 1. The van der Waals surface area contributed by atoms with Crippen LogP contribution in [0.2, 0.25) is 0 Å². The number of carbonyl (C=O) groups is 1. The minimum atomic E-state index is -4.52. The molecule has 0 unspecified atom stereocenters. The van der Waals surface area contributed by atoms with E-state index in [1.54, 1.807) is 19.1 Å². The molecule has 204 valence electrons. The number of aromatic hydroxyl groups is 2. The van der Waals surface area contributed by atoms with Crippen LogP contribution in [0.5, 0.6) is 11.5 Å². The molecule has 0 spiro atoms. The molecule has 0 aliphatic heterocycles. The van der Waals surface area contributed by atoms with Crippen LogP contribution in [0.15, 0.2) is 60.0 Å². The summed E-state index contributed by atoms with van der Waals surface area (Å²) in [7, 11) is -4.52. The molecule has 0 radical (unpaired) electrons. The summed E-state index contributed by atoms with van der Waals surface area (Å²) in [5.41, 5.74) is 4.23. The second-order valence-corrected chi connectivity index (χ2v) is 11.4. The van der Waals surface area contributed by atoms with Gasteiger partial charge in [0, 0.05) is 0 Å². The van der Waals surface area contributed by atoms with Gasteiger partial charge in [0.25, 0.3) is 10.0 Å². The summed E-state index contributed by atoms with van der Waals surface area (Å²) in [5.74, 6) is -1.35. The fourth-order valence-electron chi connectivity index (χ4n) is 4.72. The van der Waals surface area contributed by atoms with Crippen molar-refractivity contribution in [3.8, 4) is 22.6 Å². The lowest BCUT2D eigenvalue weighted by molar-refractivity contribution is -0.118. The van der Waals surface area contributed by atoms with Gasteiger partial charge in [-0.15, -0.1) is 0 Å². The predicted octanol–water partition coefficient (Wildman–Crippen LogP) is 5.76. The number of sulfonamides is 1. The molecule has 0 saturated heterocycles. The zero-order valence-electron chi connectivity index (χ0n) is 22.3. The van der Waals surface area contributed by atoms with Crippen LogP contribution in [0.3, 0.4) is 0 Å². The number of allylic oxidation sites excluding steroid dienone is 1. The molecule has 9 heteroatoms. The van der Waals surface area contributed by atoms with E-state index >= 15 is 0 Å². The predicted molar refractivity (Wildman–Crippen MR) is 153 cm³/mol. The Bertz CT molecular complexity index is 1640. The number of benzene rings is 3. The third kappa shape index (κ3) is 5.98. The molecule has 3 aromatic carbocycles. The number of rotatable bonds is 10. The molecular weight excluding hydrogens is 514 g/mol. The van der Waals surface area contributed by atoms with E-state index < -0.39 is 26.6 Å². The Morgan fingerprint density at radius 2 is 1.85 bits per heavy atom. The quantitative estimate of drug-likeness (QED) is 0.187. The number of phenols is 2. The molecule has 1 aromatic heterocycles. The number of imidazole rings is 1. The maximum Gasteiger partial charge on any atom is 0.268 e. The van der Waals surface area contributed by atoms with Gasteiger partial charge < -0.3 is 15.2 Å². The summed E-state index contributed by atoms with van der Waals surface area (Å²) < 4.78 is 29.4. The van der Waals surface area contributed by atoms with E-state index in [0.29, 0.717) is 40.9 Å². The molecule has 0 aliphatic carbocycles. The van der Waals surface area contributed by atoms with Gasteiger partial charge in [-0.25, -0.2) is 18.1 Å². The van der Waals surface area contributed by atoms with Gasteiger partial charge in [0.05, 0.1) is 23.0 Å². The summed E-state index contributed by atoms with van der Waals surface area (Å²) in [6.45, 7) is 9.65. The lowest BCUT2D eigenvalue weighted by Crippen LogP contribution is -2.32. The molecule has 0 bridgehead atoms. The molecule has 0 atom stereocenters. The maximum atomic E-state index is 13.6. The van der Waals surface area contributed by atoms with E-state index in [-0.39, 0.29) is 23.3 Å². The van der Waals surface area contributed by atoms with Crippen LogP contribution < -0.4 is 4.72 Å². The van der Waals surface area contributed by atoms with Gasteiger partial charge in [-0.2, -0.15) is 0 Å². The van der Waals surface area contributed by atoms with Crippen LogP contribution in [-0.2, 0) is 27.7 Å². The van der Waals surface area contributed by atoms with Crippen molar-refractivity contribution in [3.63, 3.8) is 0 Å². The third-order valence-corrected chi connectivity index (χ3v) is 8.04. The van der Waals surface area contributed by atoms with Gasteiger partial charge in [-0.3, -0.25) is 4.79 Å². The van der Waals surface area contributed by atoms with Crippen LogP contribution >= 0.6 is 0 Å². The van der Waals surface area contributed by atoms with Crippen LogP contribution in [0.1, 0.15) is 55.6 Å². The number of aromatic nitrogens is 2. The summed E-state index contributed by atoms with van der Waals surface area (Å²) in [6, 6.07) is 14.0. The molecule has 0 saturated carbocycles. The Kier molecular flexibility index (Phi) is 8.11. The van der Waals surface area contributed by atoms with Gasteiger partial charge >= 0.3 is 0 Å². The number of unbranched alkanes of at least 4 members (excludes halogenated alkanes) is 2. The van der Waals surface area contributed by atoms with Gasteiger partial charge in [0.2, 0.25) is 5.91 Å². The van der Waals surface area contributed by atoms with Crippen LogP contribution in [-0.4, -0.2) is 34.5 Å². The van der Waals surface area contributed by atoms with Crippen molar-refractivity contribution in [2.24, 2.45) is 0 Å². The largest absolute Gasteiger partial charge is 0.507 e. The molecular formula is C30H33N3O5S. The SMILES string of the molecule is C=C(C)c1ccc(C)cc1-c1c(O)cc(CCCCC)c(S(=O)(=O)NC(=O)Cc2nc3ccccc3[nH]2)c1O. The van der Waals surface area contributed by atoms with E-state index in [1.807, 2.05) is 44.2 Å². The van der Waals surface area contributed by atoms with Crippen molar-refractivity contribution in [1.82, 2.24) is 14.7 Å². The summed E-state index contributed by atoms with van der Waals surface area (Å²) in [6.07, 6.45) is 2.37. The van der Waals surface area contributed by atoms with Crippen molar-refractivity contribution in [1.29, 1.82) is 0 Å². The Balaban J connectivity index is 1.78. The normalized spacial score (nSPS) is 11.6. The first-order chi connectivity index (χ1) is 18.5. The number of nitrogens with zero attached hydrogens (tertiary/aromatic N) is 1. The minimum absolute atomic E-state index is 0.0268. The monoisotopic (exact) mass is 547 g/mol. The molecule has 4 aromatic rings. The molecule has 4 rings (SSSR count). The van der Waals surface area contributed by atoms with E-state index in [0.717, 1.165) is 23.9 Å². The number of carbonyl (C=O) groups excluding carboxylic acids is 1. The summed E-state index contributed by atoms with van der Waals surface area (Å²) in [5, 5.41) is 22.5. The molecule has 0 aliphatic rings. The highest BCUT2D eigenvalue weighted by atomic mass is 32.2. The molecule has 1 heterocycles. The number of fused-ring (bicyclic) bond motifs is 1. The molecule has 1 amide bonds. The average Bonchev–Trinajstić information content (AvgIpc) is 3.25. The summed E-state index contributed by atoms with van der Waals surface area (Å²) in [4.78, 5) is 19.8. The van der Waals surface area contributed by atoms with Crippen molar-refractivity contribution in [3.05, 3.63) is 77.6 Å². The van der Waals surface area contributed by atoms with Crippen LogP contribution in [0.4, 0.5) is 0 Å². The standard InChI is InChI=1S/C30H33N3O5S/c1-5-6-7-10-20-16-25(34)28(22-15-19(4)13-14-21(22)18(2)3)29(36)30(20)39(37,38)33-27(35)17-26-31-23-11-8-9-12-24(23)32-26/h8-9,11-16,34,36H,2,5-7,10,17H2,1,3-4H3,(H,31,32)(H,33,35). The first-order valence-electron chi connectivity index (χ1n) is 12.9. The smallest absolute Gasteiger partial charge is 0.268 e. The average molecular weight is 548 g/mol. The number of hydrogen-bond donors (Lipinski definition) is 4. The van der Waals surface area contributed by atoms with Crippen LogP contribution in [0.25, 0.3) is 27.7 Å². The van der Waals surface area contributed by atoms with Gasteiger partial charge in [0.1, 0.15) is 22.2 Å². The zero-order valence-corrected chi connectivity index (χ0v) is 23.2. The Labute approximate surface area is 228 Å². The van der Waals surface area contributed by atoms with Crippen molar-refractivity contribution < 1.29 is 23.4 Å². The van der Waals surface area contributed by atoms with Crippen molar-refractivity contribution in [2.75, 3.05) is 0 Å². The second kappa shape index (κ2) is 11.3. The number of para-hydroxylation sites is 2. The number of hydrogen-bond acceptors (Lipinski definition) is 6. The molecule has 8 nitrogen and oxygen atoms in total. The first kappa shape index (κ1) is 27.9. The zero-order chi connectivity index (χ0) is 28.3. The van der Waals surface area contributed by atoms with E-state index in [2.05, 4.69) is 21.3 Å². The Morgan fingerprint density at radius 1 is 1.10 bits per heavy atom. The number of nitrogens with one attached hydrogen (secondary N) is 2. The highest BCUT2D eigenvalue weighted by Crippen LogP contribution is 2.46. The lowest BCUT2D eigenvalue weighted by Gasteiger charge is -2.19. The highest BCUT2D eigenvalue weighted by molar-refractivity contribution is 7.90. The van der Waals surface area contributed by atoms with Crippen molar-refractivity contribution >= 4 is 32.5 Å². The van der Waals surface area contributed by atoms with Gasteiger partial charge in [-0.1, -0.05) is 67.8 Å². The lowest BCUT2D eigenvalue weighted by atomic mass is 9.91. The molecule has 0 fully saturated rings. The van der Waals surface area contributed by atoms with Crippen LogP contribution in [0, 0.1) is 6.92 Å². The number of aromatic amines is 1. The van der Waals surface area contributed by atoms with Crippen molar-refractivity contribution in [2.45, 2.75) is 57.8 Å². The maximum absolute atomic E-state index is 13.6. The first-order valence-corrected chi connectivity index (χ1v) is 14.3. The Morgan fingerprint density at radius 3 is 2.54 bits per heavy atom. The third-order valence-electron chi connectivity index (χ3n) is 6.55. The topological polar surface area (TPSA) is 132 Å². The van der Waals surface area contributed by atoms with E-state index in [9.17, 15) is 23.4 Å².